The van der Waals surface area contributed by atoms with Gasteiger partial charge in [0.15, 0.2) is 0 Å². The molecule has 2 aliphatic rings. The van der Waals surface area contributed by atoms with Gasteiger partial charge < -0.3 is 0 Å². The molecule has 1 fully saturated rings. The summed E-state index contributed by atoms with van der Waals surface area (Å²) in [6.45, 7) is 6.26. The zero-order chi connectivity index (χ0) is 19.3. The standard InChI is InChI=1S/C28H36/c1-3-5-6-22-9-13-24(14-10-22)26-16-18-27-19-25(15-17-28(27)20-26)23-11-7-21(4-2)8-12-23/h4,9-10,13-14,16,18,20-21,23,25H,2-3,5-8,11-12,15,17,19H2,1H3. The van der Waals surface area contributed by atoms with Gasteiger partial charge in [0.25, 0.3) is 0 Å². The van der Waals surface area contributed by atoms with E-state index in [1.165, 1.54) is 80.9 Å². The van der Waals surface area contributed by atoms with Gasteiger partial charge in [0.05, 0.1) is 0 Å². The Balaban J connectivity index is 1.42. The van der Waals surface area contributed by atoms with Crippen molar-refractivity contribution in [3.63, 3.8) is 0 Å². The number of rotatable bonds is 6. The summed E-state index contributed by atoms with van der Waals surface area (Å²) in [5, 5.41) is 0. The Labute approximate surface area is 172 Å². The van der Waals surface area contributed by atoms with Crippen molar-refractivity contribution in [3.8, 4) is 11.1 Å². The van der Waals surface area contributed by atoms with E-state index in [4.69, 9.17) is 0 Å². The van der Waals surface area contributed by atoms with Crippen LogP contribution in [-0.2, 0) is 19.3 Å². The van der Waals surface area contributed by atoms with Crippen molar-refractivity contribution in [2.24, 2.45) is 17.8 Å². The second-order valence-electron chi connectivity index (χ2n) is 9.20. The molecule has 0 saturated heterocycles. The average Bonchev–Trinajstić information content (AvgIpc) is 2.77. The van der Waals surface area contributed by atoms with E-state index in [-0.39, 0.29) is 0 Å². The van der Waals surface area contributed by atoms with E-state index in [1.54, 1.807) is 11.1 Å². The third-order valence-corrected chi connectivity index (χ3v) is 7.40. The molecule has 0 amide bonds. The number of aryl methyl sites for hydroxylation is 2. The second kappa shape index (κ2) is 9.12. The third kappa shape index (κ3) is 4.43. The quantitative estimate of drug-likeness (QED) is 0.454. The van der Waals surface area contributed by atoms with E-state index in [9.17, 15) is 0 Å². The van der Waals surface area contributed by atoms with Crippen LogP contribution < -0.4 is 0 Å². The smallest absolute Gasteiger partial charge is 0.0181 e. The van der Waals surface area contributed by atoms with Crippen molar-refractivity contribution >= 4 is 0 Å². The van der Waals surface area contributed by atoms with Crippen LogP contribution in [0.1, 0.15) is 68.6 Å². The van der Waals surface area contributed by atoms with Gasteiger partial charge in [0.1, 0.15) is 0 Å². The van der Waals surface area contributed by atoms with Crippen LogP contribution in [0.25, 0.3) is 11.1 Å². The van der Waals surface area contributed by atoms with E-state index in [1.807, 2.05) is 0 Å². The molecule has 0 bridgehead atoms. The minimum Gasteiger partial charge on any atom is -0.103 e. The predicted octanol–water partition coefficient (Wildman–Crippen LogP) is 7.79. The first-order valence-corrected chi connectivity index (χ1v) is 11.6. The van der Waals surface area contributed by atoms with Crippen LogP contribution >= 0.6 is 0 Å². The Morgan fingerprint density at radius 2 is 1.61 bits per heavy atom. The van der Waals surface area contributed by atoms with E-state index >= 15 is 0 Å². The van der Waals surface area contributed by atoms with Gasteiger partial charge in [-0.1, -0.05) is 61.9 Å². The maximum absolute atomic E-state index is 4.00. The zero-order valence-electron chi connectivity index (χ0n) is 17.6. The lowest BCUT2D eigenvalue weighted by molar-refractivity contribution is 0.206. The maximum Gasteiger partial charge on any atom is -0.0181 e. The molecule has 1 atom stereocenters. The van der Waals surface area contributed by atoms with Crippen LogP contribution in [0.15, 0.2) is 55.1 Å². The molecular weight excluding hydrogens is 336 g/mol. The molecule has 0 heterocycles. The maximum atomic E-state index is 4.00. The average molecular weight is 373 g/mol. The number of hydrogen-bond acceptors (Lipinski definition) is 0. The van der Waals surface area contributed by atoms with E-state index in [0.29, 0.717) is 0 Å². The minimum absolute atomic E-state index is 0.781. The summed E-state index contributed by atoms with van der Waals surface area (Å²) in [6.07, 6.45) is 15.5. The summed E-state index contributed by atoms with van der Waals surface area (Å²) in [5.41, 5.74) is 7.45. The Hall–Kier alpha value is -1.82. The molecule has 148 valence electrons. The number of allylic oxidation sites excluding steroid dienone is 1. The molecule has 0 radical (unpaired) electrons. The molecule has 0 nitrogen and oxygen atoms in total. The van der Waals surface area contributed by atoms with Gasteiger partial charge in [0, 0.05) is 0 Å². The summed E-state index contributed by atoms with van der Waals surface area (Å²) in [7, 11) is 0. The fourth-order valence-corrected chi connectivity index (χ4v) is 5.46. The summed E-state index contributed by atoms with van der Waals surface area (Å²) in [5.74, 6) is 2.63. The second-order valence-corrected chi connectivity index (χ2v) is 9.20. The highest BCUT2D eigenvalue weighted by atomic mass is 14.3. The molecule has 0 spiro atoms. The summed E-state index contributed by atoms with van der Waals surface area (Å²) in [4.78, 5) is 0. The largest absolute Gasteiger partial charge is 0.103 e. The molecule has 0 heteroatoms. The summed E-state index contributed by atoms with van der Waals surface area (Å²) < 4.78 is 0. The van der Waals surface area contributed by atoms with Crippen molar-refractivity contribution in [1.82, 2.24) is 0 Å². The Bertz CT molecular complexity index is 774. The molecule has 2 aromatic carbocycles. The highest BCUT2D eigenvalue weighted by molar-refractivity contribution is 5.65. The van der Waals surface area contributed by atoms with Crippen molar-refractivity contribution in [3.05, 3.63) is 71.8 Å². The van der Waals surface area contributed by atoms with Crippen LogP contribution in [0.5, 0.6) is 0 Å². The van der Waals surface area contributed by atoms with Gasteiger partial charge in [-0.2, -0.15) is 0 Å². The van der Waals surface area contributed by atoms with Gasteiger partial charge >= 0.3 is 0 Å². The van der Waals surface area contributed by atoms with Crippen LogP contribution in [0.2, 0.25) is 0 Å². The fraction of sp³-hybridized carbons (Fsp3) is 0.500. The first-order valence-electron chi connectivity index (χ1n) is 11.6. The van der Waals surface area contributed by atoms with Crippen LogP contribution in [0.3, 0.4) is 0 Å². The van der Waals surface area contributed by atoms with Gasteiger partial charge in [-0.25, -0.2) is 0 Å². The third-order valence-electron chi connectivity index (χ3n) is 7.40. The van der Waals surface area contributed by atoms with Crippen LogP contribution in [0, 0.1) is 17.8 Å². The molecule has 2 aliphatic carbocycles. The highest BCUT2D eigenvalue weighted by Crippen LogP contribution is 2.40. The van der Waals surface area contributed by atoms with E-state index in [2.05, 4.69) is 62.0 Å². The first-order chi connectivity index (χ1) is 13.8. The number of unbranched alkanes of at least 4 members (excludes halogenated alkanes) is 1. The summed E-state index contributed by atoms with van der Waals surface area (Å²) in [6, 6.07) is 16.5. The van der Waals surface area contributed by atoms with Crippen molar-refractivity contribution in [2.45, 2.75) is 71.1 Å². The molecule has 0 N–H and O–H groups in total. The number of benzene rings is 2. The lowest BCUT2D eigenvalue weighted by Gasteiger charge is -2.36. The van der Waals surface area contributed by atoms with Gasteiger partial charge in [-0.05, 0) is 103 Å². The van der Waals surface area contributed by atoms with Crippen LogP contribution in [-0.4, -0.2) is 0 Å². The SMILES string of the molecule is C=CC1CCC(C2CCc3cc(-c4ccc(CCCC)cc4)ccc3C2)CC1. The molecule has 1 saturated carbocycles. The Morgan fingerprint density at radius 3 is 2.32 bits per heavy atom. The number of hydrogen-bond donors (Lipinski definition) is 0. The highest BCUT2D eigenvalue weighted by Gasteiger charge is 2.29. The van der Waals surface area contributed by atoms with Gasteiger partial charge in [0.2, 0.25) is 0 Å². The Kier molecular flexibility index (Phi) is 6.35. The minimum atomic E-state index is 0.781. The van der Waals surface area contributed by atoms with Crippen molar-refractivity contribution in [1.29, 1.82) is 0 Å². The Morgan fingerprint density at radius 1 is 0.857 bits per heavy atom. The molecule has 2 aromatic rings. The first kappa shape index (κ1) is 19.5. The van der Waals surface area contributed by atoms with E-state index in [0.717, 1.165) is 17.8 Å². The molecule has 4 rings (SSSR count). The number of fused-ring (bicyclic) bond motifs is 1. The van der Waals surface area contributed by atoms with Crippen molar-refractivity contribution in [2.75, 3.05) is 0 Å². The van der Waals surface area contributed by atoms with Crippen LogP contribution in [0.4, 0.5) is 0 Å². The lowest BCUT2D eigenvalue weighted by atomic mass is 9.69. The topological polar surface area (TPSA) is 0 Å². The van der Waals surface area contributed by atoms with Gasteiger partial charge in [-0.15, -0.1) is 6.58 Å². The zero-order valence-corrected chi connectivity index (χ0v) is 17.6. The molecule has 0 aromatic heterocycles. The predicted molar refractivity (Wildman–Crippen MR) is 122 cm³/mol. The van der Waals surface area contributed by atoms with E-state index < -0.39 is 0 Å². The monoisotopic (exact) mass is 372 g/mol. The molecular formula is C28H36. The van der Waals surface area contributed by atoms with Gasteiger partial charge in [-0.3, -0.25) is 0 Å². The van der Waals surface area contributed by atoms with Crippen molar-refractivity contribution < 1.29 is 0 Å². The lowest BCUT2D eigenvalue weighted by Crippen LogP contribution is -2.26. The molecule has 28 heavy (non-hydrogen) atoms. The molecule has 1 unspecified atom stereocenters. The molecule has 0 aliphatic heterocycles. The fourth-order valence-electron chi connectivity index (χ4n) is 5.46. The normalized spacial score (nSPS) is 24.5. The summed E-state index contributed by atoms with van der Waals surface area (Å²) >= 11 is 0.